The third kappa shape index (κ3) is 10.6. The topological polar surface area (TPSA) is 151 Å². The lowest BCUT2D eigenvalue weighted by Gasteiger charge is -2.21. The van der Waals surface area contributed by atoms with Crippen molar-refractivity contribution >= 4 is 41.2 Å². The molecule has 0 bridgehead atoms. The molecule has 0 saturated carbocycles. The Hall–Kier alpha value is -4.02. The molecule has 0 radical (unpaired) electrons. The Labute approximate surface area is 239 Å². The zero-order valence-corrected chi connectivity index (χ0v) is 23.9. The first kappa shape index (κ1) is 32.2. The summed E-state index contributed by atoms with van der Waals surface area (Å²) < 4.78 is 5.28. The largest absolute Gasteiger partial charge is 0.460 e. The highest BCUT2D eigenvalue weighted by Gasteiger charge is 2.25. The number of nitrogens with one attached hydrogen (secondary N) is 3. The van der Waals surface area contributed by atoms with Gasteiger partial charge < -0.3 is 20.7 Å². The molecular weight excluding hydrogens is 516 g/mol. The Balaban J connectivity index is 0. The number of hydrogen-bond donors (Lipinski definition) is 3. The molecule has 40 heavy (non-hydrogen) atoms. The number of esters is 1. The van der Waals surface area contributed by atoms with E-state index in [1.54, 1.807) is 58.9 Å². The van der Waals surface area contributed by atoms with Gasteiger partial charge in [0.1, 0.15) is 12.6 Å². The smallest absolute Gasteiger partial charge is 0.311 e. The predicted molar refractivity (Wildman–Crippen MR) is 155 cm³/mol. The number of hydrogen-bond acceptors (Lipinski definition) is 7. The van der Waals surface area contributed by atoms with Crippen molar-refractivity contribution in [1.82, 2.24) is 15.5 Å². The Morgan fingerprint density at radius 1 is 0.925 bits per heavy atom. The van der Waals surface area contributed by atoms with Crippen molar-refractivity contribution in [2.45, 2.75) is 73.0 Å². The molecule has 224 valence electrons. The number of rotatable bonds is 14. The van der Waals surface area contributed by atoms with Crippen molar-refractivity contribution < 1.29 is 37.8 Å². The summed E-state index contributed by atoms with van der Waals surface area (Å²) in [6, 6.07) is 6.01. The second-order valence-corrected chi connectivity index (χ2v) is 11.1. The zero-order valence-electron chi connectivity index (χ0n) is 23.9. The van der Waals surface area contributed by atoms with E-state index in [1.807, 2.05) is 0 Å². The highest BCUT2D eigenvalue weighted by Crippen LogP contribution is 2.17. The fourth-order valence-electron chi connectivity index (χ4n) is 3.70. The molecule has 1 unspecified atom stereocenters. The molecule has 11 heteroatoms. The van der Waals surface area contributed by atoms with Crippen LogP contribution in [0.25, 0.3) is 0 Å². The van der Waals surface area contributed by atoms with Crippen LogP contribution in [0.3, 0.4) is 0 Å². The van der Waals surface area contributed by atoms with Crippen LogP contribution in [0.5, 0.6) is 0 Å². The van der Waals surface area contributed by atoms with Gasteiger partial charge in [-0.3, -0.25) is 33.7 Å². The first-order valence-corrected chi connectivity index (χ1v) is 13.4. The summed E-state index contributed by atoms with van der Waals surface area (Å²) in [6.45, 7) is 9.08. The van der Waals surface area contributed by atoms with E-state index in [-0.39, 0.29) is 53.5 Å². The molecule has 0 fully saturated rings. The summed E-state index contributed by atoms with van der Waals surface area (Å²) in [7, 11) is 0. The van der Waals surface area contributed by atoms with Crippen LogP contribution in [0.4, 0.5) is 5.69 Å². The minimum atomic E-state index is -0.804. The van der Waals surface area contributed by atoms with Crippen LogP contribution in [0.15, 0.2) is 36.4 Å². The monoisotopic (exact) mass is 562 g/mol. The van der Waals surface area contributed by atoms with Crippen LogP contribution >= 0.6 is 0 Å². The summed E-state index contributed by atoms with van der Waals surface area (Å²) >= 11 is 0. The minimum Gasteiger partial charge on any atom is -0.460 e. The van der Waals surface area contributed by atoms with Gasteiger partial charge in [0.05, 0.1) is 12.0 Å². The number of nitrogens with zero attached hydrogens (tertiary/aromatic N) is 1. The Morgan fingerprint density at radius 3 is 2.12 bits per heavy atom. The van der Waals surface area contributed by atoms with Crippen molar-refractivity contribution in [3.63, 3.8) is 0 Å². The molecule has 1 aliphatic rings. The first-order valence-electron chi connectivity index (χ1n) is 13.4. The van der Waals surface area contributed by atoms with E-state index in [0.29, 0.717) is 31.5 Å². The average molecular weight is 563 g/mol. The van der Waals surface area contributed by atoms with Gasteiger partial charge >= 0.3 is 5.97 Å². The molecule has 1 atom stereocenters. The second kappa shape index (κ2) is 14.9. The maximum atomic E-state index is 12.7. The van der Waals surface area contributed by atoms with Crippen LogP contribution in [0, 0.1) is 11.3 Å². The van der Waals surface area contributed by atoms with E-state index >= 15 is 0 Å². The van der Waals surface area contributed by atoms with Crippen LogP contribution < -0.4 is 16.0 Å². The third-order valence-electron chi connectivity index (χ3n) is 6.09. The van der Waals surface area contributed by atoms with E-state index in [2.05, 4.69) is 16.0 Å². The van der Waals surface area contributed by atoms with Gasteiger partial charge in [-0.1, -0.05) is 32.4 Å². The Morgan fingerprint density at radius 2 is 1.55 bits per heavy atom. The molecule has 1 aromatic rings. The third-order valence-corrected chi connectivity index (χ3v) is 6.09. The number of carbonyl (C=O) groups excluding carboxylic acids is 6. The van der Waals surface area contributed by atoms with Crippen molar-refractivity contribution in [2.24, 2.45) is 11.3 Å². The van der Waals surface area contributed by atoms with E-state index in [9.17, 15) is 28.8 Å². The van der Waals surface area contributed by atoms with Crippen LogP contribution in [0.1, 0.15) is 70.1 Å². The molecule has 1 aromatic carbocycles. The fourth-order valence-corrected chi connectivity index (χ4v) is 3.70. The fraction of sp³-hybridized carbons (Fsp3) is 0.517. The summed E-state index contributed by atoms with van der Waals surface area (Å²) in [6.07, 6.45) is 4.45. The van der Waals surface area contributed by atoms with Crippen molar-refractivity contribution in [3.05, 3.63) is 42.0 Å². The number of amides is 5. The molecule has 2 rings (SSSR count). The van der Waals surface area contributed by atoms with Crippen LogP contribution in [-0.4, -0.2) is 59.5 Å². The molecule has 1 aliphatic heterocycles. The number of imide groups is 1. The molecule has 5 amide bonds. The molecular formula is C29H46N4O7. The van der Waals surface area contributed by atoms with Gasteiger partial charge in [-0.05, 0) is 57.2 Å². The van der Waals surface area contributed by atoms with E-state index in [1.165, 1.54) is 12.2 Å². The van der Waals surface area contributed by atoms with Gasteiger partial charge in [0.2, 0.25) is 17.7 Å². The van der Waals surface area contributed by atoms with Crippen LogP contribution in [0.2, 0.25) is 0 Å². The Kier molecular flexibility index (Phi) is 12.0. The summed E-state index contributed by atoms with van der Waals surface area (Å²) in [5, 5.41) is 7.98. The highest BCUT2D eigenvalue weighted by molar-refractivity contribution is 6.12. The average Bonchev–Trinajstić information content (AvgIpc) is 3.21. The van der Waals surface area contributed by atoms with Gasteiger partial charge in [0, 0.05) is 35.1 Å². The first-order chi connectivity index (χ1) is 18.8. The molecule has 3 N–H and O–H groups in total. The minimum absolute atomic E-state index is 0. The van der Waals surface area contributed by atoms with Crippen molar-refractivity contribution in [1.29, 1.82) is 0 Å². The van der Waals surface area contributed by atoms with E-state index in [4.69, 9.17) is 4.74 Å². The second-order valence-electron chi connectivity index (χ2n) is 11.1. The van der Waals surface area contributed by atoms with E-state index in [0.717, 1.165) is 10.5 Å². The maximum absolute atomic E-state index is 12.7. The maximum Gasteiger partial charge on any atom is 0.311 e. The normalized spacial score (nSPS) is 13.8. The predicted octanol–water partition coefficient (Wildman–Crippen LogP) is 3.19. The summed E-state index contributed by atoms with van der Waals surface area (Å²) in [5.74, 6) is -2.34. The Bertz CT molecular complexity index is 1120. The van der Waals surface area contributed by atoms with E-state index < -0.39 is 23.3 Å². The molecule has 0 aliphatic carbocycles. The highest BCUT2D eigenvalue weighted by atomic mass is 16.5. The van der Waals surface area contributed by atoms with Gasteiger partial charge in [0.15, 0.2) is 0 Å². The number of unbranched alkanes of at least 4 members (excludes halogenated alkanes) is 2. The standard InChI is InChI=1S/C29H40N4O7.3H2/c1-19(2)26(32-22(34)9-7-6-8-16-33-24(36)14-15-25(33)37)27(38)30-17-23(35)31-21-12-10-20(11-13-21)18-40-28(39)29(3,4)5;;;/h10-15,19,26H,6-9,16-18H2,1-5H3,(H,30,38)(H,31,35)(H,32,34);3*1H. The lowest BCUT2D eigenvalue weighted by Crippen LogP contribution is -2.51. The lowest BCUT2D eigenvalue weighted by atomic mass is 9.97. The molecule has 0 aromatic heterocycles. The lowest BCUT2D eigenvalue weighted by molar-refractivity contribution is -0.154. The number of carbonyl (C=O) groups is 6. The number of ether oxygens (including phenoxy) is 1. The molecule has 0 saturated heterocycles. The SMILES string of the molecule is CC(C)C(NC(=O)CCCCCN1C(=O)C=CC1=O)C(=O)NCC(=O)Nc1ccc(COC(=O)C(C)(C)C)cc1.[HH].[HH].[HH]. The quantitative estimate of drug-likeness (QED) is 0.179. The van der Waals surface area contributed by atoms with Gasteiger partial charge in [0.25, 0.3) is 11.8 Å². The van der Waals surface area contributed by atoms with Gasteiger partial charge in [-0.2, -0.15) is 0 Å². The number of benzene rings is 1. The van der Waals surface area contributed by atoms with Gasteiger partial charge in [-0.25, -0.2) is 0 Å². The van der Waals surface area contributed by atoms with Gasteiger partial charge in [-0.15, -0.1) is 0 Å². The zero-order chi connectivity index (χ0) is 29.9. The number of anilines is 1. The van der Waals surface area contributed by atoms with Crippen molar-refractivity contribution in [2.75, 3.05) is 18.4 Å². The molecule has 11 nitrogen and oxygen atoms in total. The van der Waals surface area contributed by atoms with Crippen LogP contribution in [-0.2, 0) is 40.1 Å². The van der Waals surface area contributed by atoms with Crippen molar-refractivity contribution in [3.8, 4) is 0 Å². The summed E-state index contributed by atoms with van der Waals surface area (Å²) in [4.78, 5) is 73.6. The molecule has 1 heterocycles. The molecule has 0 spiro atoms. The summed E-state index contributed by atoms with van der Waals surface area (Å²) in [5.41, 5.74) is 0.704.